The van der Waals surface area contributed by atoms with E-state index in [4.69, 9.17) is 14.2 Å². The van der Waals surface area contributed by atoms with Gasteiger partial charge in [0, 0.05) is 36.4 Å². The second kappa shape index (κ2) is 9.04. The van der Waals surface area contributed by atoms with Crippen molar-refractivity contribution in [3.63, 3.8) is 0 Å². The van der Waals surface area contributed by atoms with Gasteiger partial charge in [-0.1, -0.05) is 26.0 Å². The van der Waals surface area contributed by atoms with E-state index < -0.39 is 11.9 Å². The fourth-order valence-corrected chi connectivity index (χ4v) is 4.29. The standard InChI is InChI=1S/C24H31NO5/c1-6-29-17-9-7-8-16(12-17)21-20(23(27)30-11-10-28-5)15(2)25-18-13-24(3,4)14-19(26)22(18)21/h7-9,12,21,25H,6,10-11,13-14H2,1-5H3/t21-/m1/s1. The summed E-state index contributed by atoms with van der Waals surface area (Å²) in [7, 11) is 1.56. The van der Waals surface area contributed by atoms with Crippen LogP contribution in [-0.4, -0.2) is 38.7 Å². The first kappa shape index (κ1) is 22.1. The van der Waals surface area contributed by atoms with Gasteiger partial charge in [0.1, 0.15) is 12.4 Å². The number of carbonyl (C=O) groups excluding carboxylic acids is 2. The molecule has 1 aliphatic heterocycles. The number of benzene rings is 1. The summed E-state index contributed by atoms with van der Waals surface area (Å²) in [6.07, 6.45) is 1.19. The number of ketones is 1. The highest BCUT2D eigenvalue weighted by molar-refractivity contribution is 6.04. The molecule has 1 aromatic rings. The lowest BCUT2D eigenvalue weighted by Gasteiger charge is -2.39. The van der Waals surface area contributed by atoms with Gasteiger partial charge in [-0.05, 0) is 43.4 Å². The predicted octanol–water partition coefficient (Wildman–Crippen LogP) is 3.88. The van der Waals surface area contributed by atoms with Crippen LogP contribution in [0.15, 0.2) is 46.8 Å². The van der Waals surface area contributed by atoms with E-state index in [1.807, 2.05) is 38.1 Å². The van der Waals surface area contributed by atoms with E-state index in [1.165, 1.54) is 0 Å². The summed E-state index contributed by atoms with van der Waals surface area (Å²) in [6, 6.07) is 7.62. The molecule has 6 nitrogen and oxygen atoms in total. The van der Waals surface area contributed by atoms with Crippen molar-refractivity contribution in [1.82, 2.24) is 5.32 Å². The third-order valence-corrected chi connectivity index (χ3v) is 5.48. The van der Waals surface area contributed by atoms with Crippen LogP contribution in [-0.2, 0) is 19.1 Å². The van der Waals surface area contributed by atoms with Crippen LogP contribution in [0.2, 0.25) is 0 Å². The van der Waals surface area contributed by atoms with Crippen LogP contribution in [0, 0.1) is 5.41 Å². The predicted molar refractivity (Wildman–Crippen MR) is 114 cm³/mol. The van der Waals surface area contributed by atoms with E-state index in [0.29, 0.717) is 42.2 Å². The molecule has 6 heteroatoms. The lowest BCUT2D eigenvalue weighted by molar-refractivity contribution is -0.140. The summed E-state index contributed by atoms with van der Waals surface area (Å²) in [6.45, 7) is 8.98. The molecule has 3 rings (SSSR count). The Balaban J connectivity index is 2.09. The summed E-state index contributed by atoms with van der Waals surface area (Å²) in [4.78, 5) is 26.3. The van der Waals surface area contributed by atoms with E-state index in [1.54, 1.807) is 7.11 Å². The van der Waals surface area contributed by atoms with E-state index in [0.717, 1.165) is 17.7 Å². The summed E-state index contributed by atoms with van der Waals surface area (Å²) in [5.74, 6) is -0.146. The molecule has 0 unspecified atom stereocenters. The van der Waals surface area contributed by atoms with Gasteiger partial charge in [-0.2, -0.15) is 0 Å². The largest absolute Gasteiger partial charge is 0.494 e. The fourth-order valence-electron chi connectivity index (χ4n) is 4.29. The van der Waals surface area contributed by atoms with Crippen LogP contribution in [0.1, 0.15) is 52.0 Å². The van der Waals surface area contributed by atoms with Crippen molar-refractivity contribution in [3.8, 4) is 5.75 Å². The molecule has 0 spiro atoms. The maximum absolute atomic E-state index is 13.2. The van der Waals surface area contributed by atoms with Crippen molar-refractivity contribution < 1.29 is 23.8 Å². The number of ether oxygens (including phenoxy) is 3. The number of methoxy groups -OCH3 is 1. The maximum atomic E-state index is 13.2. The maximum Gasteiger partial charge on any atom is 0.336 e. The van der Waals surface area contributed by atoms with Gasteiger partial charge in [-0.25, -0.2) is 4.79 Å². The molecule has 1 aliphatic carbocycles. The Labute approximate surface area is 178 Å². The highest BCUT2D eigenvalue weighted by atomic mass is 16.6. The van der Waals surface area contributed by atoms with Crippen LogP contribution in [0.5, 0.6) is 5.75 Å². The van der Waals surface area contributed by atoms with Crippen LogP contribution in [0.25, 0.3) is 0 Å². The first-order chi connectivity index (χ1) is 14.3. The van der Waals surface area contributed by atoms with E-state index in [2.05, 4.69) is 19.2 Å². The summed E-state index contributed by atoms with van der Waals surface area (Å²) < 4.78 is 16.1. The third-order valence-electron chi connectivity index (χ3n) is 5.48. The second-order valence-corrected chi connectivity index (χ2v) is 8.56. The van der Waals surface area contributed by atoms with E-state index >= 15 is 0 Å². The van der Waals surface area contributed by atoms with Crippen molar-refractivity contribution in [3.05, 3.63) is 52.4 Å². The Morgan fingerprint density at radius 2 is 2.00 bits per heavy atom. The summed E-state index contributed by atoms with van der Waals surface area (Å²) in [5.41, 5.74) is 3.46. The molecule has 0 aromatic heterocycles. The number of nitrogens with one attached hydrogen (secondary N) is 1. The molecule has 0 radical (unpaired) electrons. The molecule has 1 N–H and O–H groups in total. The monoisotopic (exact) mass is 413 g/mol. The zero-order valence-electron chi connectivity index (χ0n) is 18.5. The van der Waals surface area contributed by atoms with Crippen molar-refractivity contribution in [1.29, 1.82) is 0 Å². The Bertz CT molecular complexity index is 897. The third kappa shape index (κ3) is 4.59. The van der Waals surface area contributed by atoms with E-state index in [-0.39, 0.29) is 17.8 Å². The molecule has 0 bridgehead atoms. The molecule has 30 heavy (non-hydrogen) atoms. The number of rotatable bonds is 7. The van der Waals surface area contributed by atoms with Gasteiger partial charge in [-0.3, -0.25) is 4.79 Å². The quantitative estimate of drug-likeness (QED) is 0.540. The number of hydrogen-bond donors (Lipinski definition) is 1. The van der Waals surface area contributed by atoms with Gasteiger partial charge in [0.15, 0.2) is 5.78 Å². The normalized spacial score (nSPS) is 20.6. The first-order valence-corrected chi connectivity index (χ1v) is 10.4. The van der Waals surface area contributed by atoms with Crippen LogP contribution >= 0.6 is 0 Å². The summed E-state index contributed by atoms with van der Waals surface area (Å²) >= 11 is 0. The average Bonchev–Trinajstić information content (AvgIpc) is 2.66. The highest BCUT2D eigenvalue weighted by Gasteiger charge is 2.43. The van der Waals surface area contributed by atoms with Crippen molar-refractivity contribution in [2.24, 2.45) is 5.41 Å². The average molecular weight is 414 g/mol. The lowest BCUT2D eigenvalue weighted by Crippen LogP contribution is -2.38. The SMILES string of the molecule is CCOc1cccc([C@@H]2C(C(=O)OCCOC)=C(C)NC3=C2C(=O)CC(C)(C)C3)c1. The molecule has 1 heterocycles. The van der Waals surface area contributed by atoms with Crippen molar-refractivity contribution in [2.75, 3.05) is 26.9 Å². The minimum atomic E-state index is -0.486. The summed E-state index contributed by atoms with van der Waals surface area (Å²) in [5, 5.41) is 3.34. The Hall–Kier alpha value is -2.60. The Morgan fingerprint density at radius 1 is 1.23 bits per heavy atom. The van der Waals surface area contributed by atoms with Gasteiger partial charge in [-0.15, -0.1) is 0 Å². The Kier molecular flexibility index (Phi) is 6.66. The van der Waals surface area contributed by atoms with Crippen LogP contribution in [0.4, 0.5) is 0 Å². The highest BCUT2D eigenvalue weighted by Crippen LogP contribution is 2.47. The molecule has 162 valence electrons. The number of esters is 1. The number of hydrogen-bond acceptors (Lipinski definition) is 6. The zero-order chi connectivity index (χ0) is 21.9. The number of Topliss-reactive ketones (excluding diaryl/α,β-unsaturated/α-hetero) is 1. The molecular weight excluding hydrogens is 382 g/mol. The van der Waals surface area contributed by atoms with Gasteiger partial charge < -0.3 is 19.5 Å². The van der Waals surface area contributed by atoms with E-state index in [9.17, 15) is 9.59 Å². The molecule has 1 aromatic carbocycles. The molecule has 1 atom stereocenters. The molecule has 0 amide bonds. The number of carbonyl (C=O) groups is 2. The molecular formula is C24H31NO5. The van der Waals surface area contributed by atoms with Gasteiger partial charge in [0.05, 0.1) is 18.8 Å². The Morgan fingerprint density at radius 3 is 2.70 bits per heavy atom. The molecule has 0 saturated heterocycles. The van der Waals surface area contributed by atoms with Crippen LogP contribution < -0.4 is 10.1 Å². The van der Waals surface area contributed by atoms with Gasteiger partial charge in [0.25, 0.3) is 0 Å². The molecule has 0 fully saturated rings. The lowest BCUT2D eigenvalue weighted by atomic mass is 9.68. The minimum Gasteiger partial charge on any atom is -0.494 e. The molecule has 2 aliphatic rings. The zero-order valence-corrected chi connectivity index (χ0v) is 18.5. The van der Waals surface area contributed by atoms with Crippen molar-refractivity contribution in [2.45, 2.75) is 46.5 Å². The number of dihydropyridines is 1. The van der Waals surface area contributed by atoms with Crippen molar-refractivity contribution >= 4 is 11.8 Å². The van der Waals surface area contributed by atoms with Gasteiger partial charge in [0.2, 0.25) is 0 Å². The fraction of sp³-hybridized carbons (Fsp3) is 0.500. The van der Waals surface area contributed by atoms with Crippen LogP contribution in [0.3, 0.4) is 0 Å². The minimum absolute atomic E-state index is 0.0651. The van der Waals surface area contributed by atoms with Gasteiger partial charge >= 0.3 is 5.97 Å². The topological polar surface area (TPSA) is 73.9 Å². The number of allylic oxidation sites excluding steroid dienone is 3. The molecule has 0 saturated carbocycles. The smallest absolute Gasteiger partial charge is 0.336 e. The second-order valence-electron chi connectivity index (χ2n) is 8.56. The first-order valence-electron chi connectivity index (χ1n) is 10.4.